The number of aromatic nitrogens is 2. The molecule has 0 bridgehead atoms. The van der Waals surface area contributed by atoms with Gasteiger partial charge in [0.1, 0.15) is 5.82 Å². The molecule has 5 nitrogen and oxygen atoms in total. The third-order valence-electron chi connectivity index (χ3n) is 3.72. The van der Waals surface area contributed by atoms with Crippen LogP contribution in [-0.4, -0.2) is 22.3 Å². The van der Waals surface area contributed by atoms with Crippen LogP contribution in [0.25, 0.3) is 0 Å². The summed E-state index contributed by atoms with van der Waals surface area (Å²) in [5.74, 6) is 0.193. The fourth-order valence-corrected chi connectivity index (χ4v) is 2.75. The van der Waals surface area contributed by atoms with E-state index in [1.165, 1.54) is 12.1 Å². The van der Waals surface area contributed by atoms with Gasteiger partial charge in [0.05, 0.1) is 18.3 Å². The largest absolute Gasteiger partial charge is 0.369 e. The van der Waals surface area contributed by atoms with E-state index >= 15 is 0 Å². The number of nitrogens with two attached hydrogens (primary N) is 1. The molecule has 1 aromatic carbocycles. The summed E-state index contributed by atoms with van der Waals surface area (Å²) in [4.78, 5) is 6.29. The second kappa shape index (κ2) is 5.20. The van der Waals surface area contributed by atoms with E-state index in [0.717, 1.165) is 23.4 Å². The fraction of sp³-hybridized carbons (Fsp3) is 0.333. The molecule has 0 amide bonds. The van der Waals surface area contributed by atoms with Crippen LogP contribution in [0, 0.1) is 5.82 Å². The number of aryl methyl sites for hydroxylation is 2. The lowest BCUT2D eigenvalue weighted by Crippen LogP contribution is -2.36. The van der Waals surface area contributed by atoms with Crippen molar-refractivity contribution < 1.29 is 4.39 Å². The minimum Gasteiger partial charge on any atom is -0.369 e. The van der Waals surface area contributed by atoms with E-state index in [0.29, 0.717) is 12.5 Å². The predicted molar refractivity (Wildman–Crippen MR) is 80.7 cm³/mol. The van der Waals surface area contributed by atoms with Crippen molar-refractivity contribution in [2.45, 2.75) is 19.4 Å². The van der Waals surface area contributed by atoms with Gasteiger partial charge < -0.3 is 10.6 Å². The highest BCUT2D eigenvalue weighted by Crippen LogP contribution is 2.32. The van der Waals surface area contributed by atoms with Gasteiger partial charge in [-0.15, -0.1) is 0 Å². The molecule has 0 radical (unpaired) electrons. The number of hydrogen-bond donors (Lipinski definition) is 1. The minimum atomic E-state index is -0.263. The van der Waals surface area contributed by atoms with Crippen LogP contribution in [-0.2, 0) is 13.5 Å². The van der Waals surface area contributed by atoms with Gasteiger partial charge in [-0.3, -0.25) is 9.67 Å². The molecule has 2 heterocycles. The summed E-state index contributed by atoms with van der Waals surface area (Å²) in [6.45, 7) is 2.66. The van der Waals surface area contributed by atoms with Crippen molar-refractivity contribution in [2.24, 2.45) is 17.8 Å². The summed E-state index contributed by atoms with van der Waals surface area (Å²) in [5.41, 5.74) is 9.03. The van der Waals surface area contributed by atoms with Crippen LogP contribution in [0.4, 0.5) is 10.1 Å². The van der Waals surface area contributed by atoms with Crippen LogP contribution in [0.5, 0.6) is 0 Å². The monoisotopic (exact) mass is 287 g/mol. The van der Waals surface area contributed by atoms with Crippen molar-refractivity contribution in [1.82, 2.24) is 9.78 Å². The summed E-state index contributed by atoms with van der Waals surface area (Å²) < 4.78 is 14.9. The fourth-order valence-electron chi connectivity index (χ4n) is 2.75. The molecule has 0 saturated heterocycles. The lowest BCUT2D eigenvalue weighted by Gasteiger charge is -2.26. The van der Waals surface area contributed by atoms with E-state index in [4.69, 9.17) is 5.73 Å². The van der Waals surface area contributed by atoms with E-state index in [1.807, 2.05) is 22.8 Å². The van der Waals surface area contributed by atoms with Gasteiger partial charge in [-0.25, -0.2) is 4.39 Å². The molecule has 1 atom stereocenters. The first-order valence-corrected chi connectivity index (χ1v) is 6.97. The SMILES string of the molecule is CCc1nn(C)cc1C1CN=C(N)N1c1ccc(F)cc1. The number of nitrogens with zero attached hydrogens (tertiary/aromatic N) is 4. The van der Waals surface area contributed by atoms with E-state index in [1.54, 1.807) is 12.1 Å². The molecule has 0 saturated carbocycles. The van der Waals surface area contributed by atoms with Crippen molar-refractivity contribution in [3.05, 3.63) is 47.5 Å². The van der Waals surface area contributed by atoms with Gasteiger partial charge in [0.15, 0.2) is 5.96 Å². The molecule has 1 aliphatic heterocycles. The maximum atomic E-state index is 13.1. The predicted octanol–water partition coefficient (Wildman–Crippen LogP) is 2.00. The molecule has 3 rings (SSSR count). The maximum Gasteiger partial charge on any atom is 0.196 e. The van der Waals surface area contributed by atoms with Crippen molar-refractivity contribution in [3.8, 4) is 0 Å². The Hall–Kier alpha value is -2.37. The van der Waals surface area contributed by atoms with Crippen LogP contribution in [0.2, 0.25) is 0 Å². The Labute approximate surface area is 122 Å². The smallest absolute Gasteiger partial charge is 0.196 e. The van der Waals surface area contributed by atoms with Gasteiger partial charge in [0, 0.05) is 24.5 Å². The molecule has 2 N–H and O–H groups in total. The number of guanidine groups is 1. The van der Waals surface area contributed by atoms with Gasteiger partial charge in [-0.05, 0) is 30.7 Å². The first-order chi connectivity index (χ1) is 10.1. The molecule has 1 unspecified atom stereocenters. The van der Waals surface area contributed by atoms with Crippen molar-refractivity contribution in [2.75, 3.05) is 11.4 Å². The lowest BCUT2D eigenvalue weighted by atomic mass is 10.1. The highest BCUT2D eigenvalue weighted by atomic mass is 19.1. The van der Waals surface area contributed by atoms with Gasteiger partial charge in [0.2, 0.25) is 0 Å². The topological polar surface area (TPSA) is 59.4 Å². The number of halogens is 1. The first-order valence-electron chi connectivity index (χ1n) is 6.97. The Morgan fingerprint density at radius 2 is 2.05 bits per heavy atom. The molecule has 1 aromatic heterocycles. The second-order valence-corrected chi connectivity index (χ2v) is 5.12. The Kier molecular flexibility index (Phi) is 3.37. The third-order valence-corrected chi connectivity index (χ3v) is 3.72. The number of rotatable bonds is 3. The summed E-state index contributed by atoms with van der Waals surface area (Å²) in [6, 6.07) is 6.32. The van der Waals surface area contributed by atoms with Crippen LogP contribution in [0.3, 0.4) is 0 Å². The molecule has 2 aromatic rings. The quantitative estimate of drug-likeness (QED) is 0.939. The maximum absolute atomic E-state index is 13.1. The van der Waals surface area contributed by atoms with Crippen LogP contribution >= 0.6 is 0 Å². The second-order valence-electron chi connectivity index (χ2n) is 5.12. The normalized spacial score (nSPS) is 18.1. The van der Waals surface area contributed by atoms with E-state index in [-0.39, 0.29) is 11.9 Å². The van der Waals surface area contributed by atoms with E-state index < -0.39 is 0 Å². The molecular weight excluding hydrogens is 269 g/mol. The number of anilines is 1. The molecular formula is C15H18FN5. The van der Waals surface area contributed by atoms with Crippen molar-refractivity contribution >= 4 is 11.6 Å². The highest BCUT2D eigenvalue weighted by Gasteiger charge is 2.31. The van der Waals surface area contributed by atoms with Crippen LogP contribution in [0.15, 0.2) is 35.5 Å². The average molecular weight is 287 g/mol. The van der Waals surface area contributed by atoms with Gasteiger partial charge in [-0.1, -0.05) is 6.92 Å². The molecule has 0 spiro atoms. The molecule has 1 aliphatic rings. The van der Waals surface area contributed by atoms with Crippen LogP contribution in [0.1, 0.15) is 24.2 Å². The number of aliphatic imine (C=N–C) groups is 1. The van der Waals surface area contributed by atoms with Gasteiger partial charge in [-0.2, -0.15) is 5.10 Å². The van der Waals surface area contributed by atoms with E-state index in [9.17, 15) is 4.39 Å². The summed E-state index contributed by atoms with van der Waals surface area (Å²) in [5, 5.41) is 4.48. The first kappa shape index (κ1) is 13.6. The van der Waals surface area contributed by atoms with Gasteiger partial charge >= 0.3 is 0 Å². The average Bonchev–Trinajstić information content (AvgIpc) is 3.02. The third kappa shape index (κ3) is 2.37. The van der Waals surface area contributed by atoms with Crippen molar-refractivity contribution in [3.63, 3.8) is 0 Å². The summed E-state index contributed by atoms with van der Waals surface area (Å²) in [7, 11) is 1.91. The Morgan fingerprint density at radius 1 is 1.33 bits per heavy atom. The Bertz CT molecular complexity index is 674. The van der Waals surface area contributed by atoms with Crippen molar-refractivity contribution in [1.29, 1.82) is 0 Å². The number of benzene rings is 1. The standard InChI is InChI=1S/C15H18FN5/c1-3-13-12(9-20(2)19-13)14-8-18-15(17)21(14)11-6-4-10(16)5-7-11/h4-7,9,14H,3,8H2,1-2H3,(H2,17,18). The lowest BCUT2D eigenvalue weighted by molar-refractivity contribution is 0.627. The molecule has 110 valence electrons. The molecule has 0 aliphatic carbocycles. The Morgan fingerprint density at radius 3 is 2.71 bits per heavy atom. The van der Waals surface area contributed by atoms with Gasteiger partial charge in [0.25, 0.3) is 0 Å². The highest BCUT2D eigenvalue weighted by molar-refractivity contribution is 5.97. The molecule has 6 heteroatoms. The molecule has 21 heavy (non-hydrogen) atoms. The Balaban J connectivity index is 2.00. The zero-order chi connectivity index (χ0) is 15.0. The zero-order valence-corrected chi connectivity index (χ0v) is 12.1. The molecule has 0 fully saturated rings. The number of hydrogen-bond acceptors (Lipinski definition) is 4. The summed E-state index contributed by atoms with van der Waals surface area (Å²) in [6.07, 6.45) is 2.86. The van der Waals surface area contributed by atoms with Crippen LogP contribution < -0.4 is 10.6 Å². The minimum absolute atomic E-state index is 0.0131. The van der Waals surface area contributed by atoms with E-state index in [2.05, 4.69) is 17.0 Å². The summed E-state index contributed by atoms with van der Waals surface area (Å²) >= 11 is 0. The zero-order valence-electron chi connectivity index (χ0n) is 12.1.